The van der Waals surface area contributed by atoms with Gasteiger partial charge in [0, 0.05) is 25.2 Å². The number of carbonyl (C=O) groups excluding carboxylic acids is 1. The van der Waals surface area contributed by atoms with Crippen molar-refractivity contribution in [1.29, 1.82) is 0 Å². The summed E-state index contributed by atoms with van der Waals surface area (Å²) in [5.74, 6) is 0. The SMILES string of the molecule is CCC(C)N(C)CCNC(=O)NC1CCCC1. The van der Waals surface area contributed by atoms with Crippen LogP contribution in [0.3, 0.4) is 0 Å². The fraction of sp³-hybridized carbons (Fsp3) is 0.923. The van der Waals surface area contributed by atoms with Gasteiger partial charge in [0.15, 0.2) is 0 Å². The average Bonchev–Trinajstić information content (AvgIpc) is 2.80. The highest BCUT2D eigenvalue weighted by Gasteiger charge is 2.16. The van der Waals surface area contributed by atoms with Gasteiger partial charge in [0.25, 0.3) is 0 Å². The van der Waals surface area contributed by atoms with Crippen LogP contribution in [0.4, 0.5) is 4.79 Å². The number of urea groups is 1. The summed E-state index contributed by atoms with van der Waals surface area (Å²) in [6.45, 7) is 6.02. The minimum absolute atomic E-state index is 0.00514. The van der Waals surface area contributed by atoms with E-state index in [1.54, 1.807) is 0 Å². The first-order valence-corrected chi connectivity index (χ1v) is 6.88. The zero-order chi connectivity index (χ0) is 12.7. The highest BCUT2D eigenvalue weighted by Crippen LogP contribution is 2.17. The van der Waals surface area contributed by atoms with Crippen molar-refractivity contribution in [2.75, 3.05) is 20.1 Å². The van der Waals surface area contributed by atoms with Crippen LogP contribution >= 0.6 is 0 Å². The van der Waals surface area contributed by atoms with Crippen LogP contribution in [0.5, 0.6) is 0 Å². The van der Waals surface area contributed by atoms with E-state index in [1.165, 1.54) is 12.8 Å². The fourth-order valence-electron chi connectivity index (χ4n) is 2.18. The summed E-state index contributed by atoms with van der Waals surface area (Å²) in [6, 6.07) is 0.978. The monoisotopic (exact) mass is 241 g/mol. The van der Waals surface area contributed by atoms with Crippen LogP contribution in [-0.2, 0) is 0 Å². The summed E-state index contributed by atoms with van der Waals surface area (Å²) in [7, 11) is 2.10. The van der Waals surface area contributed by atoms with Crippen molar-refractivity contribution in [3.63, 3.8) is 0 Å². The molecule has 0 bridgehead atoms. The smallest absolute Gasteiger partial charge is 0.315 e. The number of hydrogen-bond donors (Lipinski definition) is 2. The zero-order valence-electron chi connectivity index (χ0n) is 11.5. The molecule has 2 N–H and O–H groups in total. The second-order valence-electron chi connectivity index (χ2n) is 5.12. The maximum absolute atomic E-state index is 11.6. The van der Waals surface area contributed by atoms with Crippen molar-refractivity contribution in [3.05, 3.63) is 0 Å². The summed E-state index contributed by atoms with van der Waals surface area (Å²) < 4.78 is 0. The Balaban J connectivity index is 2.07. The molecule has 1 saturated carbocycles. The zero-order valence-corrected chi connectivity index (χ0v) is 11.5. The number of nitrogens with zero attached hydrogens (tertiary/aromatic N) is 1. The molecule has 17 heavy (non-hydrogen) atoms. The quantitative estimate of drug-likeness (QED) is 0.746. The van der Waals surface area contributed by atoms with Crippen LogP contribution in [0.25, 0.3) is 0 Å². The van der Waals surface area contributed by atoms with E-state index in [0.29, 0.717) is 12.1 Å². The third-order valence-corrected chi connectivity index (χ3v) is 3.78. The summed E-state index contributed by atoms with van der Waals surface area (Å²) in [6.07, 6.45) is 5.93. The molecular weight excluding hydrogens is 214 g/mol. The molecule has 1 atom stereocenters. The molecule has 0 radical (unpaired) electrons. The van der Waals surface area contributed by atoms with Crippen LogP contribution in [0.2, 0.25) is 0 Å². The number of hydrogen-bond acceptors (Lipinski definition) is 2. The number of amides is 2. The van der Waals surface area contributed by atoms with Gasteiger partial charge < -0.3 is 15.5 Å². The van der Waals surface area contributed by atoms with E-state index in [9.17, 15) is 4.79 Å². The molecule has 1 rings (SSSR count). The normalized spacial score (nSPS) is 18.4. The molecular formula is C13H27N3O. The van der Waals surface area contributed by atoms with Gasteiger partial charge in [0.2, 0.25) is 0 Å². The lowest BCUT2D eigenvalue weighted by molar-refractivity contribution is 0.227. The minimum Gasteiger partial charge on any atom is -0.337 e. The molecule has 1 fully saturated rings. The van der Waals surface area contributed by atoms with E-state index in [1.807, 2.05) is 0 Å². The first-order valence-electron chi connectivity index (χ1n) is 6.88. The van der Waals surface area contributed by atoms with E-state index >= 15 is 0 Å². The molecule has 0 aromatic heterocycles. The number of rotatable bonds is 6. The molecule has 0 saturated heterocycles. The summed E-state index contributed by atoms with van der Waals surface area (Å²) >= 11 is 0. The Morgan fingerprint density at radius 1 is 1.41 bits per heavy atom. The second kappa shape index (κ2) is 7.54. The predicted octanol–water partition coefficient (Wildman–Crippen LogP) is 1.96. The van der Waals surface area contributed by atoms with Crippen molar-refractivity contribution < 1.29 is 4.79 Å². The molecule has 1 aliphatic rings. The highest BCUT2D eigenvalue weighted by atomic mass is 16.2. The summed E-state index contributed by atoms with van der Waals surface area (Å²) in [4.78, 5) is 13.9. The van der Waals surface area contributed by atoms with Crippen molar-refractivity contribution in [1.82, 2.24) is 15.5 Å². The van der Waals surface area contributed by atoms with Crippen LogP contribution in [0.1, 0.15) is 46.0 Å². The minimum atomic E-state index is -0.00514. The van der Waals surface area contributed by atoms with Gasteiger partial charge in [-0.05, 0) is 33.2 Å². The van der Waals surface area contributed by atoms with Crippen molar-refractivity contribution in [3.8, 4) is 0 Å². The lowest BCUT2D eigenvalue weighted by atomic mass is 10.2. The molecule has 1 unspecified atom stereocenters. The van der Waals surface area contributed by atoms with Crippen molar-refractivity contribution in [2.24, 2.45) is 0 Å². The molecule has 0 aliphatic heterocycles. The molecule has 1 aliphatic carbocycles. The molecule has 0 heterocycles. The second-order valence-corrected chi connectivity index (χ2v) is 5.12. The van der Waals surface area contributed by atoms with Crippen LogP contribution in [0, 0.1) is 0 Å². The van der Waals surface area contributed by atoms with E-state index in [0.717, 1.165) is 32.4 Å². The Bertz CT molecular complexity index is 227. The van der Waals surface area contributed by atoms with E-state index in [4.69, 9.17) is 0 Å². The number of nitrogens with one attached hydrogen (secondary N) is 2. The predicted molar refractivity (Wildman–Crippen MR) is 71.2 cm³/mol. The van der Waals surface area contributed by atoms with E-state index in [2.05, 4.69) is 36.4 Å². The first kappa shape index (κ1) is 14.3. The van der Waals surface area contributed by atoms with E-state index < -0.39 is 0 Å². The lowest BCUT2D eigenvalue weighted by Crippen LogP contribution is -2.44. The average molecular weight is 241 g/mol. The van der Waals surface area contributed by atoms with Gasteiger partial charge in [-0.2, -0.15) is 0 Å². The van der Waals surface area contributed by atoms with E-state index in [-0.39, 0.29) is 6.03 Å². The first-order chi connectivity index (χ1) is 8.13. The number of carbonyl (C=O) groups is 1. The Hall–Kier alpha value is -0.770. The maximum Gasteiger partial charge on any atom is 0.315 e. The van der Waals surface area contributed by atoms with Crippen LogP contribution < -0.4 is 10.6 Å². The van der Waals surface area contributed by atoms with Gasteiger partial charge in [-0.3, -0.25) is 0 Å². The molecule has 4 heteroatoms. The topological polar surface area (TPSA) is 44.4 Å². The Kier molecular flexibility index (Phi) is 6.34. The molecule has 2 amide bonds. The van der Waals surface area contributed by atoms with Gasteiger partial charge in [0.1, 0.15) is 0 Å². The molecule has 0 aromatic carbocycles. The van der Waals surface area contributed by atoms with Gasteiger partial charge in [-0.15, -0.1) is 0 Å². The Labute approximate surface area is 105 Å². The molecule has 100 valence electrons. The Morgan fingerprint density at radius 2 is 2.06 bits per heavy atom. The van der Waals surface area contributed by atoms with Gasteiger partial charge in [0.05, 0.1) is 0 Å². The summed E-state index contributed by atoms with van der Waals surface area (Å²) in [5, 5.41) is 5.95. The van der Waals surface area contributed by atoms with Crippen LogP contribution in [0.15, 0.2) is 0 Å². The molecule has 0 spiro atoms. The third-order valence-electron chi connectivity index (χ3n) is 3.78. The largest absolute Gasteiger partial charge is 0.337 e. The van der Waals surface area contributed by atoms with Gasteiger partial charge >= 0.3 is 6.03 Å². The highest BCUT2D eigenvalue weighted by molar-refractivity contribution is 5.74. The fourth-order valence-corrected chi connectivity index (χ4v) is 2.18. The molecule has 0 aromatic rings. The maximum atomic E-state index is 11.6. The third kappa shape index (κ3) is 5.39. The standard InChI is InChI=1S/C13H27N3O/c1-4-11(2)16(3)10-9-14-13(17)15-12-7-5-6-8-12/h11-12H,4-10H2,1-3H3,(H2,14,15,17). The summed E-state index contributed by atoms with van der Waals surface area (Å²) in [5.41, 5.74) is 0. The lowest BCUT2D eigenvalue weighted by Gasteiger charge is -2.23. The van der Waals surface area contributed by atoms with Gasteiger partial charge in [-0.25, -0.2) is 4.79 Å². The van der Waals surface area contributed by atoms with Crippen molar-refractivity contribution in [2.45, 2.75) is 58.0 Å². The Morgan fingerprint density at radius 3 is 2.65 bits per heavy atom. The molecule has 4 nitrogen and oxygen atoms in total. The number of likely N-dealkylation sites (N-methyl/N-ethyl adjacent to an activating group) is 1. The van der Waals surface area contributed by atoms with Gasteiger partial charge in [-0.1, -0.05) is 19.8 Å². The van der Waals surface area contributed by atoms with Crippen LogP contribution in [-0.4, -0.2) is 43.2 Å². The van der Waals surface area contributed by atoms with Crippen molar-refractivity contribution >= 4 is 6.03 Å².